The van der Waals surface area contributed by atoms with Crippen molar-refractivity contribution in [2.45, 2.75) is 32.9 Å². The van der Waals surface area contributed by atoms with Gasteiger partial charge in [-0.25, -0.2) is 4.39 Å². The molecule has 0 spiro atoms. The number of benzene rings is 2. The second-order valence-electron chi connectivity index (χ2n) is 5.87. The van der Waals surface area contributed by atoms with Crippen LogP contribution in [-0.2, 0) is 0 Å². The highest BCUT2D eigenvalue weighted by atomic mass is 35.5. The first-order valence-corrected chi connectivity index (χ1v) is 8.30. The van der Waals surface area contributed by atoms with Gasteiger partial charge in [-0.1, -0.05) is 23.7 Å². The molecule has 1 N–H and O–H groups in total. The van der Waals surface area contributed by atoms with E-state index in [4.69, 9.17) is 21.1 Å². The molecule has 2 aromatic carbocycles. The molecule has 1 atom stereocenters. The fourth-order valence-electron chi connectivity index (χ4n) is 2.37. The van der Waals surface area contributed by atoms with Crippen molar-refractivity contribution in [3.63, 3.8) is 0 Å². The van der Waals surface area contributed by atoms with E-state index >= 15 is 0 Å². The van der Waals surface area contributed by atoms with E-state index in [0.29, 0.717) is 11.5 Å². The standard InChI is InChI=1S/C19H21ClFNO3/c1-11(2)25-16-9-8-13(10-17(16)24-4)12(3)22-19(23)18-14(20)6-5-7-15(18)21/h5-12H,1-4H3,(H,22,23). The van der Waals surface area contributed by atoms with E-state index in [0.717, 1.165) is 5.56 Å². The summed E-state index contributed by atoms with van der Waals surface area (Å²) in [5, 5.41) is 2.82. The van der Waals surface area contributed by atoms with E-state index < -0.39 is 11.7 Å². The van der Waals surface area contributed by atoms with E-state index in [1.54, 1.807) is 26.2 Å². The average Bonchev–Trinajstić information content (AvgIpc) is 2.54. The molecule has 0 saturated carbocycles. The molecule has 0 aliphatic carbocycles. The molecular weight excluding hydrogens is 345 g/mol. The summed E-state index contributed by atoms with van der Waals surface area (Å²) in [7, 11) is 1.55. The Morgan fingerprint density at radius 3 is 2.48 bits per heavy atom. The number of nitrogens with one attached hydrogen (secondary N) is 1. The smallest absolute Gasteiger partial charge is 0.256 e. The molecule has 0 fully saturated rings. The quantitative estimate of drug-likeness (QED) is 0.802. The minimum Gasteiger partial charge on any atom is -0.493 e. The first-order chi connectivity index (χ1) is 11.8. The molecule has 6 heteroatoms. The summed E-state index contributed by atoms with van der Waals surface area (Å²) in [4.78, 5) is 12.3. The van der Waals surface area contributed by atoms with Crippen LogP contribution in [0.4, 0.5) is 4.39 Å². The fraction of sp³-hybridized carbons (Fsp3) is 0.316. The zero-order valence-electron chi connectivity index (χ0n) is 14.6. The van der Waals surface area contributed by atoms with Crippen LogP contribution in [0.2, 0.25) is 5.02 Å². The van der Waals surface area contributed by atoms with E-state index in [1.165, 1.54) is 18.2 Å². The predicted octanol–water partition coefficient (Wildman–Crippen LogP) is 4.77. The molecule has 0 aliphatic heterocycles. The van der Waals surface area contributed by atoms with Gasteiger partial charge in [-0.3, -0.25) is 4.79 Å². The van der Waals surface area contributed by atoms with Crippen molar-refractivity contribution in [1.82, 2.24) is 5.32 Å². The Hall–Kier alpha value is -2.27. The molecule has 0 heterocycles. The minimum atomic E-state index is -0.657. The summed E-state index contributed by atoms with van der Waals surface area (Å²) >= 11 is 5.93. The van der Waals surface area contributed by atoms with E-state index in [-0.39, 0.29) is 22.7 Å². The summed E-state index contributed by atoms with van der Waals surface area (Å²) in [5.41, 5.74) is 0.636. The van der Waals surface area contributed by atoms with Gasteiger partial charge in [0.05, 0.1) is 29.8 Å². The van der Waals surface area contributed by atoms with Crippen molar-refractivity contribution < 1.29 is 18.7 Å². The zero-order valence-corrected chi connectivity index (χ0v) is 15.4. The lowest BCUT2D eigenvalue weighted by molar-refractivity contribution is 0.0936. The molecule has 0 radical (unpaired) electrons. The molecule has 0 saturated heterocycles. The van der Waals surface area contributed by atoms with Crippen LogP contribution in [-0.4, -0.2) is 19.1 Å². The van der Waals surface area contributed by atoms with Crippen molar-refractivity contribution in [2.75, 3.05) is 7.11 Å². The number of halogens is 2. The van der Waals surface area contributed by atoms with Gasteiger partial charge >= 0.3 is 0 Å². The minimum absolute atomic E-state index is 0.0140. The third-order valence-corrected chi connectivity index (χ3v) is 3.90. The molecule has 0 aliphatic rings. The van der Waals surface area contributed by atoms with Crippen molar-refractivity contribution >= 4 is 17.5 Å². The molecule has 0 aromatic heterocycles. The van der Waals surface area contributed by atoms with Gasteiger partial charge in [0.2, 0.25) is 0 Å². The SMILES string of the molecule is COc1cc(C(C)NC(=O)c2c(F)cccc2Cl)ccc1OC(C)C. The number of methoxy groups -OCH3 is 1. The van der Waals surface area contributed by atoms with E-state index in [9.17, 15) is 9.18 Å². The number of ether oxygens (including phenoxy) is 2. The van der Waals surface area contributed by atoms with Gasteiger partial charge in [0, 0.05) is 0 Å². The van der Waals surface area contributed by atoms with E-state index in [1.807, 2.05) is 19.9 Å². The molecule has 1 unspecified atom stereocenters. The summed E-state index contributed by atoms with van der Waals surface area (Å²) in [5.74, 6) is -0.0410. The van der Waals surface area contributed by atoms with E-state index in [2.05, 4.69) is 5.32 Å². The molecule has 2 aromatic rings. The molecular formula is C19H21ClFNO3. The third kappa shape index (κ3) is 4.63. The number of hydrogen-bond donors (Lipinski definition) is 1. The number of carbonyl (C=O) groups excluding carboxylic acids is 1. The summed E-state index contributed by atoms with van der Waals surface area (Å²) in [6, 6.07) is 9.16. The first kappa shape index (κ1) is 19.1. The second-order valence-corrected chi connectivity index (χ2v) is 6.28. The maximum Gasteiger partial charge on any atom is 0.256 e. The summed E-state index contributed by atoms with van der Waals surface area (Å²) < 4.78 is 24.9. The highest BCUT2D eigenvalue weighted by Crippen LogP contribution is 2.31. The maximum atomic E-state index is 13.9. The van der Waals surface area contributed by atoms with Crippen LogP contribution in [0.3, 0.4) is 0 Å². The largest absolute Gasteiger partial charge is 0.493 e. The van der Waals surface area contributed by atoms with Gasteiger partial charge in [-0.2, -0.15) is 0 Å². The lowest BCUT2D eigenvalue weighted by atomic mass is 10.1. The normalized spacial score (nSPS) is 12.0. The van der Waals surface area contributed by atoms with Crippen LogP contribution >= 0.6 is 11.6 Å². The Labute approximate surface area is 151 Å². The highest BCUT2D eigenvalue weighted by molar-refractivity contribution is 6.33. The van der Waals surface area contributed by atoms with Gasteiger partial charge in [-0.15, -0.1) is 0 Å². The van der Waals surface area contributed by atoms with Crippen molar-refractivity contribution in [3.8, 4) is 11.5 Å². The Bertz CT molecular complexity index is 744. The van der Waals surface area contributed by atoms with Gasteiger partial charge in [-0.05, 0) is 50.6 Å². The predicted molar refractivity (Wildman–Crippen MR) is 96.0 cm³/mol. The Kier molecular flexibility index (Phi) is 6.26. The summed E-state index contributed by atoms with van der Waals surface area (Å²) in [6.07, 6.45) is 0.0140. The molecule has 25 heavy (non-hydrogen) atoms. The molecule has 2 rings (SSSR count). The molecule has 1 amide bonds. The topological polar surface area (TPSA) is 47.6 Å². The molecule has 134 valence electrons. The van der Waals surface area contributed by atoms with Crippen LogP contribution in [0, 0.1) is 5.82 Å². The fourth-order valence-corrected chi connectivity index (χ4v) is 2.62. The average molecular weight is 366 g/mol. The monoisotopic (exact) mass is 365 g/mol. The van der Waals surface area contributed by atoms with Gasteiger partial charge in [0.15, 0.2) is 11.5 Å². The maximum absolute atomic E-state index is 13.9. The van der Waals surface area contributed by atoms with Crippen LogP contribution in [0.15, 0.2) is 36.4 Å². The molecule has 4 nitrogen and oxygen atoms in total. The number of amides is 1. The van der Waals surface area contributed by atoms with Crippen molar-refractivity contribution in [1.29, 1.82) is 0 Å². The summed E-state index contributed by atoms with van der Waals surface area (Å²) in [6.45, 7) is 5.65. The number of hydrogen-bond acceptors (Lipinski definition) is 3. The van der Waals surface area contributed by atoms with Gasteiger partial charge in [0.25, 0.3) is 5.91 Å². The number of carbonyl (C=O) groups is 1. The van der Waals surface area contributed by atoms with Crippen molar-refractivity contribution in [2.24, 2.45) is 0 Å². The van der Waals surface area contributed by atoms with Crippen LogP contribution in [0.1, 0.15) is 42.7 Å². The number of rotatable bonds is 6. The van der Waals surface area contributed by atoms with Crippen molar-refractivity contribution in [3.05, 3.63) is 58.4 Å². The highest BCUT2D eigenvalue weighted by Gasteiger charge is 2.19. The Morgan fingerprint density at radius 1 is 1.16 bits per heavy atom. The zero-order chi connectivity index (χ0) is 18.6. The van der Waals surface area contributed by atoms with Crippen LogP contribution in [0.5, 0.6) is 11.5 Å². The van der Waals surface area contributed by atoms with Gasteiger partial charge in [0.1, 0.15) is 5.82 Å². The Morgan fingerprint density at radius 2 is 1.88 bits per heavy atom. The third-order valence-electron chi connectivity index (χ3n) is 3.59. The second kappa shape index (κ2) is 8.21. The lowest BCUT2D eigenvalue weighted by Gasteiger charge is -2.18. The lowest BCUT2D eigenvalue weighted by Crippen LogP contribution is -2.27. The van der Waals surface area contributed by atoms with Crippen LogP contribution < -0.4 is 14.8 Å². The van der Waals surface area contributed by atoms with Crippen LogP contribution in [0.25, 0.3) is 0 Å². The van der Waals surface area contributed by atoms with Gasteiger partial charge < -0.3 is 14.8 Å². The first-order valence-electron chi connectivity index (χ1n) is 7.93. The molecule has 0 bridgehead atoms. The Balaban J connectivity index is 2.20.